The Kier molecular flexibility index (Phi) is 6.74. The molecule has 2 heterocycles. The lowest BCUT2D eigenvalue weighted by Gasteiger charge is -2.32. The molecule has 1 aromatic heterocycles. The fourth-order valence-corrected chi connectivity index (χ4v) is 3.42. The van der Waals surface area contributed by atoms with Crippen LogP contribution in [0.15, 0.2) is 30.3 Å². The normalized spacial score (nSPS) is 14.4. The molecule has 0 radical (unpaired) electrons. The van der Waals surface area contributed by atoms with Crippen molar-refractivity contribution in [1.29, 1.82) is 0 Å². The highest BCUT2D eigenvalue weighted by atomic mass is 16.5. The van der Waals surface area contributed by atoms with E-state index in [2.05, 4.69) is 20.4 Å². The largest absolute Gasteiger partial charge is 0.497 e. The van der Waals surface area contributed by atoms with Gasteiger partial charge < -0.3 is 24.6 Å². The minimum absolute atomic E-state index is 0.00417. The molecule has 1 saturated heterocycles. The predicted molar refractivity (Wildman–Crippen MR) is 113 cm³/mol. The third-order valence-electron chi connectivity index (χ3n) is 5.23. The number of anilines is 2. The lowest BCUT2D eigenvalue weighted by molar-refractivity contribution is -0.125. The molecule has 2 aromatic rings. The van der Waals surface area contributed by atoms with Crippen molar-refractivity contribution in [2.75, 3.05) is 51.2 Å². The van der Waals surface area contributed by atoms with Crippen LogP contribution >= 0.6 is 0 Å². The first-order valence-electron chi connectivity index (χ1n) is 9.76. The number of carbonyl (C=O) groups excluding carboxylic acids is 1. The van der Waals surface area contributed by atoms with Crippen LogP contribution < -0.4 is 24.6 Å². The van der Waals surface area contributed by atoms with E-state index in [0.717, 1.165) is 48.9 Å². The summed E-state index contributed by atoms with van der Waals surface area (Å²) in [5.74, 6) is 3.21. The zero-order valence-electron chi connectivity index (χ0n) is 17.5. The average Bonchev–Trinajstić information content (AvgIpc) is 2.77. The molecule has 0 bridgehead atoms. The maximum Gasteiger partial charge on any atom is 0.223 e. The van der Waals surface area contributed by atoms with Crippen molar-refractivity contribution >= 4 is 17.5 Å². The standard InChI is InChI=1S/C21H29N5O3/c1-25(2)19-7-8-20(24-23-19)26-11-9-15(10-12-26)21(27)22-14-16-5-6-17(28-3)13-18(16)29-4/h5-8,13,15H,9-12,14H2,1-4H3,(H,22,27). The molecule has 156 valence electrons. The van der Waals surface area contributed by atoms with Gasteiger partial charge in [0.1, 0.15) is 11.5 Å². The highest BCUT2D eigenvalue weighted by molar-refractivity contribution is 5.79. The monoisotopic (exact) mass is 399 g/mol. The molecule has 1 aliphatic rings. The van der Waals surface area contributed by atoms with E-state index in [9.17, 15) is 4.79 Å². The smallest absolute Gasteiger partial charge is 0.223 e. The molecule has 1 N–H and O–H groups in total. The van der Waals surface area contributed by atoms with E-state index in [-0.39, 0.29) is 11.8 Å². The third-order valence-corrected chi connectivity index (χ3v) is 5.23. The van der Waals surface area contributed by atoms with Gasteiger partial charge in [-0.1, -0.05) is 0 Å². The number of rotatable bonds is 7. The van der Waals surface area contributed by atoms with Gasteiger partial charge in [0.2, 0.25) is 5.91 Å². The quantitative estimate of drug-likeness (QED) is 0.764. The third kappa shape index (κ3) is 5.07. The predicted octanol–water partition coefficient (Wildman–Crippen LogP) is 2.09. The maximum atomic E-state index is 12.6. The Bertz CT molecular complexity index is 818. The van der Waals surface area contributed by atoms with E-state index in [0.29, 0.717) is 12.3 Å². The number of nitrogens with zero attached hydrogens (tertiary/aromatic N) is 4. The molecule has 1 aliphatic heterocycles. The molecule has 1 fully saturated rings. The molecule has 29 heavy (non-hydrogen) atoms. The molecule has 0 aliphatic carbocycles. The van der Waals surface area contributed by atoms with E-state index in [1.54, 1.807) is 14.2 Å². The molecule has 0 unspecified atom stereocenters. The molecule has 1 amide bonds. The van der Waals surface area contributed by atoms with E-state index >= 15 is 0 Å². The van der Waals surface area contributed by atoms with Gasteiger partial charge in [-0.2, -0.15) is 0 Å². The number of hydrogen-bond acceptors (Lipinski definition) is 7. The van der Waals surface area contributed by atoms with Gasteiger partial charge in [-0.05, 0) is 37.1 Å². The summed E-state index contributed by atoms with van der Waals surface area (Å²) < 4.78 is 10.6. The highest BCUT2D eigenvalue weighted by Gasteiger charge is 2.26. The summed E-state index contributed by atoms with van der Waals surface area (Å²) in [6.07, 6.45) is 1.59. The Morgan fingerprint density at radius 1 is 1.14 bits per heavy atom. The van der Waals surface area contributed by atoms with E-state index in [1.165, 1.54) is 0 Å². The number of benzene rings is 1. The molecule has 0 atom stereocenters. The van der Waals surface area contributed by atoms with E-state index in [1.807, 2.05) is 49.3 Å². The number of piperidine rings is 1. The summed E-state index contributed by atoms with van der Waals surface area (Å²) in [6, 6.07) is 9.55. The number of ether oxygens (including phenoxy) is 2. The minimum Gasteiger partial charge on any atom is -0.497 e. The number of methoxy groups -OCH3 is 2. The SMILES string of the molecule is COc1ccc(CNC(=O)C2CCN(c3ccc(N(C)C)nn3)CC2)c(OC)c1. The van der Waals surface area contributed by atoms with Crippen LogP contribution in [0.1, 0.15) is 18.4 Å². The zero-order chi connectivity index (χ0) is 20.8. The van der Waals surface area contributed by atoms with Crippen molar-refractivity contribution in [3.05, 3.63) is 35.9 Å². The topological polar surface area (TPSA) is 79.8 Å². The van der Waals surface area contributed by atoms with Crippen LogP contribution in [-0.4, -0.2) is 57.5 Å². The van der Waals surface area contributed by atoms with Crippen molar-refractivity contribution in [3.8, 4) is 11.5 Å². The Hall–Kier alpha value is -3.03. The molecular formula is C21H29N5O3. The number of nitrogens with one attached hydrogen (secondary N) is 1. The first-order chi connectivity index (χ1) is 14.0. The molecule has 1 aromatic carbocycles. The number of hydrogen-bond donors (Lipinski definition) is 1. The van der Waals surface area contributed by atoms with Gasteiger partial charge in [0.15, 0.2) is 11.6 Å². The van der Waals surface area contributed by atoms with Gasteiger partial charge in [-0.25, -0.2) is 0 Å². The summed E-state index contributed by atoms with van der Waals surface area (Å²) >= 11 is 0. The van der Waals surface area contributed by atoms with Gasteiger partial charge in [-0.15, -0.1) is 10.2 Å². The second-order valence-corrected chi connectivity index (χ2v) is 7.30. The molecular weight excluding hydrogens is 370 g/mol. The molecule has 0 saturated carbocycles. The maximum absolute atomic E-state index is 12.6. The van der Waals surface area contributed by atoms with Crippen molar-refractivity contribution < 1.29 is 14.3 Å². The Balaban J connectivity index is 1.51. The van der Waals surface area contributed by atoms with Crippen LogP contribution in [0.5, 0.6) is 11.5 Å². The number of amides is 1. The van der Waals surface area contributed by atoms with Crippen LogP contribution in [-0.2, 0) is 11.3 Å². The highest BCUT2D eigenvalue weighted by Crippen LogP contribution is 2.25. The fraction of sp³-hybridized carbons (Fsp3) is 0.476. The molecule has 0 spiro atoms. The van der Waals surface area contributed by atoms with Gasteiger partial charge in [0.05, 0.1) is 14.2 Å². The first kappa shape index (κ1) is 20.7. The second kappa shape index (κ2) is 9.45. The summed E-state index contributed by atoms with van der Waals surface area (Å²) in [4.78, 5) is 16.7. The molecule has 8 nitrogen and oxygen atoms in total. The van der Waals surface area contributed by atoms with Gasteiger partial charge in [0.25, 0.3) is 0 Å². The van der Waals surface area contributed by atoms with Crippen LogP contribution in [0.4, 0.5) is 11.6 Å². The van der Waals surface area contributed by atoms with Crippen LogP contribution in [0.25, 0.3) is 0 Å². The Morgan fingerprint density at radius 3 is 2.48 bits per heavy atom. The number of carbonyl (C=O) groups is 1. The minimum atomic E-state index is 0.00417. The number of aromatic nitrogens is 2. The van der Waals surface area contributed by atoms with Crippen molar-refractivity contribution in [2.45, 2.75) is 19.4 Å². The summed E-state index contributed by atoms with van der Waals surface area (Å²) in [7, 11) is 7.11. The van der Waals surface area contributed by atoms with Gasteiger partial charge >= 0.3 is 0 Å². The Morgan fingerprint density at radius 2 is 1.90 bits per heavy atom. The van der Waals surface area contributed by atoms with Crippen molar-refractivity contribution in [2.24, 2.45) is 5.92 Å². The Labute approximate surface area is 171 Å². The van der Waals surface area contributed by atoms with Gasteiger partial charge in [-0.3, -0.25) is 4.79 Å². The van der Waals surface area contributed by atoms with Crippen LogP contribution in [0, 0.1) is 5.92 Å². The first-order valence-corrected chi connectivity index (χ1v) is 9.76. The van der Waals surface area contributed by atoms with Crippen LogP contribution in [0.2, 0.25) is 0 Å². The lowest BCUT2D eigenvalue weighted by Crippen LogP contribution is -2.40. The second-order valence-electron chi connectivity index (χ2n) is 7.30. The average molecular weight is 399 g/mol. The van der Waals surface area contributed by atoms with E-state index < -0.39 is 0 Å². The zero-order valence-corrected chi connectivity index (χ0v) is 17.5. The molecule has 3 rings (SSSR count). The lowest BCUT2D eigenvalue weighted by atomic mass is 9.96. The molecule has 8 heteroatoms. The summed E-state index contributed by atoms with van der Waals surface area (Å²) in [5, 5.41) is 11.6. The van der Waals surface area contributed by atoms with Gasteiger partial charge in [0, 0.05) is 51.3 Å². The van der Waals surface area contributed by atoms with E-state index in [4.69, 9.17) is 9.47 Å². The van der Waals surface area contributed by atoms with Crippen molar-refractivity contribution in [3.63, 3.8) is 0 Å². The summed E-state index contributed by atoms with van der Waals surface area (Å²) in [5.41, 5.74) is 0.926. The summed E-state index contributed by atoms with van der Waals surface area (Å²) in [6.45, 7) is 2.02. The van der Waals surface area contributed by atoms with Crippen molar-refractivity contribution in [1.82, 2.24) is 15.5 Å². The fourth-order valence-electron chi connectivity index (χ4n) is 3.42. The van der Waals surface area contributed by atoms with Crippen LogP contribution in [0.3, 0.4) is 0 Å².